The van der Waals surface area contributed by atoms with Crippen molar-refractivity contribution in [2.75, 3.05) is 0 Å². The highest BCUT2D eigenvalue weighted by Crippen LogP contribution is 2.22. The molecule has 0 unspecified atom stereocenters. The lowest BCUT2D eigenvalue weighted by atomic mass is 10.1. The third-order valence-electron chi connectivity index (χ3n) is 3.73. The van der Waals surface area contributed by atoms with Crippen LogP contribution in [0.5, 0.6) is 5.75 Å². The van der Waals surface area contributed by atoms with Gasteiger partial charge in [-0.2, -0.15) is 0 Å². The van der Waals surface area contributed by atoms with Gasteiger partial charge in [0.1, 0.15) is 12.4 Å². The van der Waals surface area contributed by atoms with Gasteiger partial charge in [0.2, 0.25) is 0 Å². The van der Waals surface area contributed by atoms with E-state index in [1.165, 1.54) is 6.08 Å². The molecule has 3 rings (SSSR count). The van der Waals surface area contributed by atoms with Crippen molar-refractivity contribution < 1.29 is 9.53 Å². The fourth-order valence-electron chi connectivity index (χ4n) is 2.40. The maximum atomic E-state index is 12.3. The van der Waals surface area contributed by atoms with Crippen LogP contribution in [0.4, 0.5) is 0 Å². The average Bonchev–Trinajstić information content (AvgIpc) is 2.66. The molecule has 3 aromatic carbocycles. The smallest absolute Gasteiger partial charge is 0.187 e. The second-order valence-electron chi connectivity index (χ2n) is 5.67. The molecule has 2 nitrogen and oxygen atoms in total. The largest absolute Gasteiger partial charge is 0.489 e. The Hall–Kier alpha value is -2.55. The first-order valence-electron chi connectivity index (χ1n) is 8.06. The first-order chi connectivity index (χ1) is 12.6. The van der Waals surface area contributed by atoms with Gasteiger partial charge in [-0.15, -0.1) is 0 Å². The first kappa shape index (κ1) is 18.2. The third kappa shape index (κ3) is 4.98. The highest BCUT2D eigenvalue weighted by Gasteiger charge is 2.07. The van der Waals surface area contributed by atoms with E-state index in [2.05, 4.69) is 0 Å². The summed E-state index contributed by atoms with van der Waals surface area (Å²) in [7, 11) is 0. The van der Waals surface area contributed by atoms with Crippen LogP contribution in [-0.4, -0.2) is 5.78 Å². The minimum absolute atomic E-state index is 0.178. The first-order valence-corrected chi connectivity index (χ1v) is 8.82. The summed E-state index contributed by atoms with van der Waals surface area (Å²) >= 11 is 11.9. The van der Waals surface area contributed by atoms with E-state index in [0.29, 0.717) is 22.2 Å². The number of allylic oxidation sites excluding steroid dienone is 1. The molecule has 0 atom stereocenters. The topological polar surface area (TPSA) is 26.3 Å². The Labute approximate surface area is 162 Å². The maximum absolute atomic E-state index is 12.3. The second-order valence-corrected chi connectivity index (χ2v) is 6.51. The van der Waals surface area contributed by atoms with Crippen LogP contribution in [0.3, 0.4) is 0 Å². The zero-order valence-corrected chi connectivity index (χ0v) is 15.4. The number of rotatable bonds is 6. The van der Waals surface area contributed by atoms with E-state index in [-0.39, 0.29) is 5.78 Å². The van der Waals surface area contributed by atoms with Gasteiger partial charge < -0.3 is 4.74 Å². The fourth-order valence-corrected chi connectivity index (χ4v) is 2.90. The number of hydrogen-bond donors (Lipinski definition) is 0. The minimum atomic E-state index is -0.178. The molecule has 0 aliphatic rings. The molecule has 4 heteroatoms. The normalized spacial score (nSPS) is 10.8. The van der Waals surface area contributed by atoms with Crippen LogP contribution in [0.2, 0.25) is 10.0 Å². The monoisotopic (exact) mass is 382 g/mol. The summed E-state index contributed by atoms with van der Waals surface area (Å²) in [6.07, 6.45) is 3.23. The van der Waals surface area contributed by atoms with E-state index in [1.54, 1.807) is 24.3 Å². The Morgan fingerprint density at radius 1 is 0.923 bits per heavy atom. The van der Waals surface area contributed by atoms with Crippen LogP contribution in [0, 0.1) is 0 Å². The molecule has 0 N–H and O–H groups in total. The standard InChI is InChI=1S/C22H16Cl2O2/c23-18-10-11-20(21(24)14-18)22(25)12-9-16-7-4-8-19(13-16)26-15-17-5-2-1-3-6-17/h1-14H,15H2. The Morgan fingerprint density at radius 3 is 2.50 bits per heavy atom. The Balaban J connectivity index is 1.68. The van der Waals surface area contributed by atoms with Gasteiger partial charge >= 0.3 is 0 Å². The van der Waals surface area contributed by atoms with Crippen LogP contribution in [0.1, 0.15) is 21.5 Å². The minimum Gasteiger partial charge on any atom is -0.489 e. The van der Waals surface area contributed by atoms with Crippen LogP contribution in [-0.2, 0) is 6.61 Å². The number of ketones is 1. The predicted octanol–water partition coefficient (Wildman–Crippen LogP) is 6.47. The molecule has 0 radical (unpaired) electrons. The molecule has 0 saturated carbocycles. The van der Waals surface area contributed by atoms with Gasteiger partial charge in [-0.05, 0) is 47.5 Å². The van der Waals surface area contributed by atoms with Gasteiger partial charge in [0.25, 0.3) is 0 Å². The summed E-state index contributed by atoms with van der Waals surface area (Å²) in [6, 6.07) is 22.3. The molecule has 0 aliphatic heterocycles. The van der Waals surface area contributed by atoms with Crippen molar-refractivity contribution in [1.29, 1.82) is 0 Å². The Kier molecular flexibility index (Phi) is 6.11. The van der Waals surface area contributed by atoms with Gasteiger partial charge in [0.15, 0.2) is 5.78 Å². The molecule has 26 heavy (non-hydrogen) atoms. The fraction of sp³-hybridized carbons (Fsp3) is 0.0455. The number of hydrogen-bond acceptors (Lipinski definition) is 2. The van der Waals surface area contributed by atoms with Gasteiger partial charge in [0, 0.05) is 10.6 Å². The van der Waals surface area contributed by atoms with Crippen molar-refractivity contribution in [3.05, 3.63) is 106 Å². The van der Waals surface area contributed by atoms with Crippen molar-refractivity contribution >= 4 is 35.1 Å². The molecular formula is C22H16Cl2O2. The third-order valence-corrected chi connectivity index (χ3v) is 4.28. The van der Waals surface area contributed by atoms with Crippen molar-refractivity contribution in [2.45, 2.75) is 6.61 Å². The van der Waals surface area contributed by atoms with Crippen molar-refractivity contribution in [3.63, 3.8) is 0 Å². The van der Waals surface area contributed by atoms with Crippen molar-refractivity contribution in [2.24, 2.45) is 0 Å². The van der Waals surface area contributed by atoms with E-state index in [9.17, 15) is 4.79 Å². The van der Waals surface area contributed by atoms with E-state index in [0.717, 1.165) is 16.9 Å². The number of halogens is 2. The van der Waals surface area contributed by atoms with E-state index in [1.807, 2.05) is 54.6 Å². The van der Waals surface area contributed by atoms with E-state index >= 15 is 0 Å². The lowest BCUT2D eigenvalue weighted by Crippen LogP contribution is -1.96. The number of carbonyl (C=O) groups is 1. The summed E-state index contributed by atoms with van der Waals surface area (Å²) in [4.78, 5) is 12.3. The molecule has 0 aliphatic carbocycles. The molecule has 0 fully saturated rings. The van der Waals surface area contributed by atoms with E-state index < -0.39 is 0 Å². The molecule has 0 saturated heterocycles. The maximum Gasteiger partial charge on any atom is 0.187 e. The lowest BCUT2D eigenvalue weighted by Gasteiger charge is -2.07. The summed E-state index contributed by atoms with van der Waals surface area (Å²) in [5.74, 6) is 0.565. The van der Waals surface area contributed by atoms with Crippen LogP contribution in [0.25, 0.3) is 6.08 Å². The molecule has 0 aromatic heterocycles. The zero-order chi connectivity index (χ0) is 18.4. The average molecular weight is 383 g/mol. The Morgan fingerprint density at radius 2 is 1.73 bits per heavy atom. The molecule has 130 valence electrons. The predicted molar refractivity (Wildman–Crippen MR) is 107 cm³/mol. The summed E-state index contributed by atoms with van der Waals surface area (Å²) < 4.78 is 5.80. The quantitative estimate of drug-likeness (QED) is 0.360. The summed E-state index contributed by atoms with van der Waals surface area (Å²) in [6.45, 7) is 0.493. The van der Waals surface area contributed by atoms with E-state index in [4.69, 9.17) is 27.9 Å². The van der Waals surface area contributed by atoms with Crippen LogP contribution in [0.15, 0.2) is 78.9 Å². The highest BCUT2D eigenvalue weighted by molar-refractivity contribution is 6.37. The van der Waals surface area contributed by atoms with Crippen LogP contribution >= 0.6 is 23.2 Å². The number of benzene rings is 3. The van der Waals surface area contributed by atoms with Gasteiger partial charge in [-0.1, -0.05) is 71.7 Å². The summed E-state index contributed by atoms with van der Waals surface area (Å²) in [5.41, 5.74) is 2.39. The summed E-state index contributed by atoms with van der Waals surface area (Å²) in [5, 5.41) is 0.839. The number of carbonyl (C=O) groups excluding carboxylic acids is 1. The molecular weight excluding hydrogens is 367 g/mol. The molecule has 0 amide bonds. The Bertz CT molecular complexity index is 934. The van der Waals surface area contributed by atoms with Crippen molar-refractivity contribution in [3.8, 4) is 5.75 Å². The molecule has 3 aromatic rings. The van der Waals surface area contributed by atoms with Gasteiger partial charge in [0.05, 0.1) is 5.02 Å². The second kappa shape index (κ2) is 8.70. The van der Waals surface area contributed by atoms with Crippen LogP contribution < -0.4 is 4.74 Å². The molecule has 0 heterocycles. The molecule has 0 bridgehead atoms. The zero-order valence-electron chi connectivity index (χ0n) is 13.9. The van der Waals surface area contributed by atoms with Gasteiger partial charge in [-0.25, -0.2) is 0 Å². The molecule has 0 spiro atoms. The highest BCUT2D eigenvalue weighted by atomic mass is 35.5. The lowest BCUT2D eigenvalue weighted by molar-refractivity contribution is 0.104. The number of ether oxygens (including phenoxy) is 1. The van der Waals surface area contributed by atoms with Crippen molar-refractivity contribution in [1.82, 2.24) is 0 Å². The SMILES string of the molecule is O=C(C=Cc1cccc(OCc2ccccc2)c1)c1ccc(Cl)cc1Cl. The van der Waals surface area contributed by atoms with Gasteiger partial charge in [-0.3, -0.25) is 4.79 Å².